The normalized spacial score (nSPS) is 11.6. The molecule has 0 aliphatic heterocycles. The zero-order valence-electron chi connectivity index (χ0n) is 16.1. The number of hydrogen-bond acceptors (Lipinski definition) is 6. The third-order valence-electron chi connectivity index (χ3n) is 4.39. The van der Waals surface area contributed by atoms with E-state index >= 15 is 4.39 Å². The van der Waals surface area contributed by atoms with Gasteiger partial charge in [-0.1, -0.05) is 6.92 Å². The number of anilines is 1. The van der Waals surface area contributed by atoms with Crippen molar-refractivity contribution < 1.29 is 31.8 Å². The molecule has 160 valence electrons. The van der Waals surface area contributed by atoms with E-state index < -0.39 is 45.6 Å². The summed E-state index contributed by atoms with van der Waals surface area (Å²) in [5.41, 5.74) is -0.725. The van der Waals surface area contributed by atoms with Gasteiger partial charge in [0.1, 0.15) is 18.2 Å². The summed E-state index contributed by atoms with van der Waals surface area (Å²) in [6.45, 7) is 1.12. The van der Waals surface area contributed by atoms with Gasteiger partial charge in [-0.2, -0.15) is 0 Å². The minimum atomic E-state index is -3.81. The van der Waals surface area contributed by atoms with Crippen molar-refractivity contribution in [2.75, 3.05) is 17.6 Å². The first-order valence-electron chi connectivity index (χ1n) is 8.89. The molecule has 3 aromatic rings. The quantitative estimate of drug-likeness (QED) is 0.548. The van der Waals surface area contributed by atoms with Gasteiger partial charge in [-0.25, -0.2) is 27.0 Å². The molecule has 0 saturated carbocycles. The fourth-order valence-corrected chi connectivity index (χ4v) is 4.21. The summed E-state index contributed by atoms with van der Waals surface area (Å²) in [7, 11) is -2.64. The van der Waals surface area contributed by atoms with E-state index in [1.165, 1.54) is 30.1 Å². The summed E-state index contributed by atoms with van der Waals surface area (Å²) in [5, 5.41) is 9.76. The average molecular weight is 439 g/mol. The molecule has 2 N–H and O–H groups in total. The van der Waals surface area contributed by atoms with Crippen molar-refractivity contribution in [2.45, 2.75) is 20.1 Å². The van der Waals surface area contributed by atoms with Gasteiger partial charge in [0.15, 0.2) is 5.82 Å². The van der Waals surface area contributed by atoms with Crippen molar-refractivity contribution in [1.82, 2.24) is 9.55 Å². The van der Waals surface area contributed by atoms with E-state index in [4.69, 9.17) is 0 Å². The summed E-state index contributed by atoms with van der Waals surface area (Å²) in [5.74, 6) is -3.01. The van der Waals surface area contributed by atoms with E-state index in [2.05, 4.69) is 14.4 Å². The Hall–Kier alpha value is -3.05. The highest BCUT2D eigenvalue weighted by atomic mass is 32.2. The van der Waals surface area contributed by atoms with Crippen LogP contribution < -0.4 is 4.72 Å². The molecule has 1 aromatic carbocycles. The molecule has 0 fully saturated rings. The van der Waals surface area contributed by atoms with Crippen LogP contribution in [0.25, 0.3) is 22.2 Å². The first-order chi connectivity index (χ1) is 14.2. The van der Waals surface area contributed by atoms with Crippen molar-refractivity contribution in [3.63, 3.8) is 0 Å². The van der Waals surface area contributed by atoms with Gasteiger partial charge in [-0.05, 0) is 24.6 Å². The number of aromatic nitrogens is 2. The van der Waals surface area contributed by atoms with Crippen molar-refractivity contribution in [1.29, 1.82) is 0 Å². The number of sulfonamides is 1. The van der Waals surface area contributed by atoms with Crippen LogP contribution in [0.1, 0.15) is 23.7 Å². The van der Waals surface area contributed by atoms with Gasteiger partial charge >= 0.3 is 5.97 Å². The second kappa shape index (κ2) is 8.36. The number of methoxy groups -OCH3 is 1. The number of fused-ring (bicyclic) bond motifs is 1. The third-order valence-corrected chi connectivity index (χ3v) is 5.86. The number of ether oxygens (including phenoxy) is 1. The Kier molecular flexibility index (Phi) is 6.04. The van der Waals surface area contributed by atoms with E-state index in [0.717, 1.165) is 12.1 Å². The number of pyridine rings is 1. The molecular formula is C19H19F2N3O5S. The predicted octanol–water partition coefficient (Wildman–Crippen LogP) is 2.87. The molecule has 0 aliphatic carbocycles. The molecule has 0 unspecified atom stereocenters. The Bertz CT molecular complexity index is 1220. The monoisotopic (exact) mass is 439 g/mol. The number of halogens is 2. The molecule has 2 heterocycles. The Morgan fingerprint density at radius 2 is 2.07 bits per heavy atom. The van der Waals surface area contributed by atoms with Crippen molar-refractivity contribution in [3.05, 3.63) is 47.8 Å². The van der Waals surface area contributed by atoms with Gasteiger partial charge in [0.05, 0.1) is 29.7 Å². The van der Waals surface area contributed by atoms with Crippen LogP contribution in [0.2, 0.25) is 0 Å². The molecule has 0 spiro atoms. The number of hydrogen-bond donors (Lipinski definition) is 2. The molecule has 11 heteroatoms. The highest BCUT2D eigenvalue weighted by molar-refractivity contribution is 7.92. The average Bonchev–Trinajstić information content (AvgIpc) is 3.07. The van der Waals surface area contributed by atoms with Crippen molar-refractivity contribution in [2.24, 2.45) is 0 Å². The lowest BCUT2D eigenvalue weighted by molar-refractivity contribution is 0.0600. The second-order valence-corrected chi connectivity index (χ2v) is 8.29. The Morgan fingerprint density at radius 1 is 1.33 bits per heavy atom. The van der Waals surface area contributed by atoms with Gasteiger partial charge in [0.2, 0.25) is 10.0 Å². The fourth-order valence-electron chi connectivity index (χ4n) is 3.07. The van der Waals surface area contributed by atoms with Gasteiger partial charge < -0.3 is 14.4 Å². The number of aliphatic hydroxyl groups excluding tert-OH is 1. The van der Waals surface area contributed by atoms with Crippen LogP contribution in [0.3, 0.4) is 0 Å². The van der Waals surface area contributed by atoms with Crippen LogP contribution in [0.4, 0.5) is 14.5 Å². The van der Waals surface area contributed by atoms with E-state index in [1.807, 2.05) is 0 Å². The predicted molar refractivity (Wildman–Crippen MR) is 106 cm³/mol. The lowest BCUT2D eigenvalue weighted by Crippen LogP contribution is -2.17. The third kappa shape index (κ3) is 3.98. The molecule has 30 heavy (non-hydrogen) atoms. The molecule has 0 radical (unpaired) electrons. The molecule has 0 amide bonds. The standard InChI is InChI=1S/C19H19F2N3O5S/c1-3-6-30(27,28)23-15-5-4-14(20)16(17(15)21)13-9-24(10-25)18-12(13)7-11(8-22-18)19(26)29-2/h4-5,7-9,23,25H,3,6,10H2,1-2H3. The summed E-state index contributed by atoms with van der Waals surface area (Å²) in [6, 6.07) is 3.26. The number of nitrogens with zero attached hydrogens (tertiary/aromatic N) is 2. The van der Waals surface area contributed by atoms with Gasteiger partial charge in [-0.3, -0.25) is 4.72 Å². The number of carbonyl (C=O) groups is 1. The highest BCUT2D eigenvalue weighted by Gasteiger charge is 2.23. The van der Waals surface area contributed by atoms with Crippen LogP contribution in [-0.2, 0) is 21.5 Å². The zero-order valence-corrected chi connectivity index (χ0v) is 17.0. The first-order valence-corrected chi connectivity index (χ1v) is 10.5. The van der Waals surface area contributed by atoms with Crippen LogP contribution in [-0.4, -0.2) is 41.9 Å². The molecule has 8 nitrogen and oxygen atoms in total. The maximum Gasteiger partial charge on any atom is 0.339 e. The van der Waals surface area contributed by atoms with Crippen LogP contribution >= 0.6 is 0 Å². The zero-order chi connectivity index (χ0) is 22.1. The lowest BCUT2D eigenvalue weighted by Gasteiger charge is -2.12. The largest absolute Gasteiger partial charge is 0.465 e. The second-order valence-electron chi connectivity index (χ2n) is 6.45. The molecule has 0 atom stereocenters. The van der Waals surface area contributed by atoms with Gasteiger partial charge in [0, 0.05) is 23.3 Å². The molecule has 2 aromatic heterocycles. The van der Waals surface area contributed by atoms with Crippen LogP contribution in [0.15, 0.2) is 30.6 Å². The minimum Gasteiger partial charge on any atom is -0.465 e. The number of aliphatic hydroxyl groups is 1. The van der Waals surface area contributed by atoms with Crippen LogP contribution in [0, 0.1) is 11.6 Å². The topological polar surface area (TPSA) is 111 Å². The molecular weight excluding hydrogens is 420 g/mol. The highest BCUT2D eigenvalue weighted by Crippen LogP contribution is 2.36. The van der Waals surface area contributed by atoms with E-state index in [-0.39, 0.29) is 27.9 Å². The fraction of sp³-hybridized carbons (Fsp3) is 0.263. The van der Waals surface area contributed by atoms with Crippen LogP contribution in [0.5, 0.6) is 0 Å². The Balaban J connectivity index is 2.24. The summed E-state index contributed by atoms with van der Waals surface area (Å²) >= 11 is 0. The number of rotatable bonds is 7. The first kappa shape index (κ1) is 21.7. The minimum absolute atomic E-state index is 0.0103. The SMILES string of the molecule is CCCS(=O)(=O)Nc1ccc(F)c(-c2cn(CO)c3ncc(C(=O)OC)cc23)c1F. The van der Waals surface area contributed by atoms with Gasteiger partial charge in [-0.15, -0.1) is 0 Å². The van der Waals surface area contributed by atoms with E-state index in [0.29, 0.717) is 6.42 Å². The van der Waals surface area contributed by atoms with Crippen molar-refractivity contribution >= 4 is 32.7 Å². The summed E-state index contributed by atoms with van der Waals surface area (Å²) < 4.78 is 61.9. The smallest absolute Gasteiger partial charge is 0.339 e. The maximum atomic E-state index is 15.2. The van der Waals surface area contributed by atoms with E-state index in [1.54, 1.807) is 6.92 Å². The summed E-state index contributed by atoms with van der Waals surface area (Å²) in [6.07, 6.45) is 2.80. The maximum absolute atomic E-state index is 15.2. The number of nitrogens with one attached hydrogen (secondary N) is 1. The molecule has 0 bridgehead atoms. The van der Waals surface area contributed by atoms with Gasteiger partial charge in [0.25, 0.3) is 0 Å². The molecule has 3 rings (SSSR count). The summed E-state index contributed by atoms with van der Waals surface area (Å²) in [4.78, 5) is 15.9. The number of benzene rings is 1. The Labute approximate surface area is 171 Å². The number of carbonyl (C=O) groups excluding carboxylic acids is 1. The molecule has 0 aliphatic rings. The van der Waals surface area contributed by atoms with Crippen molar-refractivity contribution in [3.8, 4) is 11.1 Å². The lowest BCUT2D eigenvalue weighted by atomic mass is 10.0. The number of esters is 1. The Morgan fingerprint density at radius 3 is 2.70 bits per heavy atom. The molecule has 0 saturated heterocycles. The van der Waals surface area contributed by atoms with E-state index in [9.17, 15) is 22.7 Å².